The molecule has 0 aromatic heterocycles. The first-order valence-corrected chi connectivity index (χ1v) is 7.78. The predicted molar refractivity (Wildman–Crippen MR) is 78.0 cm³/mol. The number of carbonyl (C=O) groups excluding carboxylic acids is 2. The summed E-state index contributed by atoms with van der Waals surface area (Å²) < 4.78 is 0. The van der Waals surface area contributed by atoms with Crippen molar-refractivity contribution >= 4 is 11.8 Å². The van der Waals surface area contributed by atoms with Crippen LogP contribution in [0.3, 0.4) is 0 Å². The van der Waals surface area contributed by atoms with Gasteiger partial charge in [0.2, 0.25) is 11.8 Å². The van der Waals surface area contributed by atoms with Gasteiger partial charge in [0.25, 0.3) is 0 Å². The highest BCUT2D eigenvalue weighted by molar-refractivity contribution is 5.84. The minimum Gasteiger partial charge on any atom is -0.339 e. The van der Waals surface area contributed by atoms with Gasteiger partial charge in [-0.2, -0.15) is 0 Å². The van der Waals surface area contributed by atoms with E-state index in [4.69, 9.17) is 5.73 Å². The van der Waals surface area contributed by atoms with Gasteiger partial charge in [0.15, 0.2) is 0 Å². The van der Waals surface area contributed by atoms with Crippen molar-refractivity contribution in [1.82, 2.24) is 9.80 Å². The summed E-state index contributed by atoms with van der Waals surface area (Å²) in [5, 5.41) is 0. The number of hydrogen-bond acceptors (Lipinski definition) is 3. The van der Waals surface area contributed by atoms with Crippen LogP contribution in [0, 0.1) is 11.3 Å². The third-order valence-electron chi connectivity index (χ3n) is 4.78. The maximum atomic E-state index is 12.7. The smallest absolute Gasteiger partial charge is 0.230 e. The lowest BCUT2D eigenvalue weighted by Gasteiger charge is -2.39. The van der Waals surface area contributed by atoms with Crippen molar-refractivity contribution in [2.45, 2.75) is 39.5 Å². The van der Waals surface area contributed by atoms with Crippen molar-refractivity contribution in [2.24, 2.45) is 17.1 Å². The van der Waals surface area contributed by atoms with E-state index in [9.17, 15) is 9.59 Å². The molecule has 20 heavy (non-hydrogen) atoms. The molecule has 1 aliphatic heterocycles. The largest absolute Gasteiger partial charge is 0.339 e. The molecule has 1 saturated heterocycles. The van der Waals surface area contributed by atoms with E-state index in [2.05, 4.69) is 0 Å². The molecule has 2 amide bonds. The molecular weight excluding hydrogens is 254 g/mol. The van der Waals surface area contributed by atoms with E-state index in [0.717, 1.165) is 25.7 Å². The summed E-state index contributed by atoms with van der Waals surface area (Å²) >= 11 is 0. The average Bonchev–Trinajstić information content (AvgIpc) is 2.96. The Morgan fingerprint density at radius 2 is 1.55 bits per heavy atom. The van der Waals surface area contributed by atoms with E-state index in [1.807, 2.05) is 23.6 Å². The lowest BCUT2D eigenvalue weighted by Crippen LogP contribution is -2.55. The Bertz CT molecular complexity index is 367. The molecule has 2 rings (SSSR count). The highest BCUT2D eigenvalue weighted by atomic mass is 16.2. The topological polar surface area (TPSA) is 66.6 Å². The van der Waals surface area contributed by atoms with E-state index in [1.54, 1.807) is 0 Å². The number of hydrogen-bond donors (Lipinski definition) is 1. The molecule has 1 heterocycles. The first kappa shape index (κ1) is 15.3. The van der Waals surface area contributed by atoms with Crippen LogP contribution in [0.4, 0.5) is 0 Å². The van der Waals surface area contributed by atoms with Crippen molar-refractivity contribution in [3.05, 3.63) is 0 Å². The van der Waals surface area contributed by atoms with Crippen LogP contribution >= 0.6 is 0 Å². The molecule has 5 nitrogen and oxygen atoms in total. The molecule has 2 fully saturated rings. The van der Waals surface area contributed by atoms with Gasteiger partial charge in [-0.1, -0.05) is 26.7 Å². The van der Waals surface area contributed by atoms with Gasteiger partial charge in [0, 0.05) is 38.6 Å². The van der Waals surface area contributed by atoms with Gasteiger partial charge in [0.05, 0.1) is 5.41 Å². The van der Waals surface area contributed by atoms with Gasteiger partial charge >= 0.3 is 0 Å². The first-order chi connectivity index (χ1) is 9.50. The summed E-state index contributed by atoms with van der Waals surface area (Å²) in [5.41, 5.74) is 5.56. The Morgan fingerprint density at radius 1 is 1.05 bits per heavy atom. The van der Waals surface area contributed by atoms with Gasteiger partial charge in [0.1, 0.15) is 0 Å². The van der Waals surface area contributed by atoms with Crippen LogP contribution in [-0.4, -0.2) is 54.3 Å². The van der Waals surface area contributed by atoms with Gasteiger partial charge in [-0.25, -0.2) is 0 Å². The number of carbonyl (C=O) groups is 2. The maximum Gasteiger partial charge on any atom is 0.230 e. The van der Waals surface area contributed by atoms with Crippen LogP contribution in [-0.2, 0) is 9.59 Å². The molecule has 5 heteroatoms. The summed E-state index contributed by atoms with van der Waals surface area (Å²) in [6.07, 6.45) is 4.06. The lowest BCUT2D eigenvalue weighted by atomic mass is 9.84. The fraction of sp³-hybridized carbons (Fsp3) is 0.867. The van der Waals surface area contributed by atoms with Gasteiger partial charge in [-0.15, -0.1) is 0 Å². The zero-order valence-electron chi connectivity index (χ0n) is 12.7. The molecule has 1 aliphatic carbocycles. The van der Waals surface area contributed by atoms with Crippen molar-refractivity contribution in [3.63, 3.8) is 0 Å². The lowest BCUT2D eigenvalue weighted by molar-refractivity contribution is -0.147. The molecule has 0 unspecified atom stereocenters. The highest BCUT2D eigenvalue weighted by Crippen LogP contribution is 2.39. The molecule has 0 spiro atoms. The molecular formula is C15H27N3O2. The quantitative estimate of drug-likeness (QED) is 0.833. The Morgan fingerprint density at radius 3 is 2.00 bits per heavy atom. The van der Waals surface area contributed by atoms with Crippen molar-refractivity contribution in [1.29, 1.82) is 0 Å². The SMILES string of the molecule is CC(C)C(=O)N1CCN(C(=O)C2(CN)CCCC2)CC1. The summed E-state index contributed by atoms with van der Waals surface area (Å²) in [6.45, 7) is 6.91. The summed E-state index contributed by atoms with van der Waals surface area (Å²) in [7, 11) is 0. The van der Waals surface area contributed by atoms with Crippen LogP contribution in [0.25, 0.3) is 0 Å². The van der Waals surface area contributed by atoms with Crippen molar-refractivity contribution in [3.8, 4) is 0 Å². The standard InChI is InChI=1S/C15H27N3O2/c1-12(2)13(19)17-7-9-18(10-8-17)14(20)15(11-16)5-3-4-6-15/h12H,3-11,16H2,1-2H3. The third-order valence-corrected chi connectivity index (χ3v) is 4.78. The Hall–Kier alpha value is -1.10. The van der Waals surface area contributed by atoms with E-state index in [-0.39, 0.29) is 23.1 Å². The molecule has 0 atom stereocenters. The van der Waals surface area contributed by atoms with E-state index in [1.165, 1.54) is 0 Å². The zero-order valence-corrected chi connectivity index (χ0v) is 12.7. The fourth-order valence-electron chi connectivity index (χ4n) is 3.39. The second-order valence-electron chi connectivity index (χ2n) is 6.46. The number of nitrogens with two attached hydrogens (primary N) is 1. The maximum absolute atomic E-state index is 12.7. The van der Waals surface area contributed by atoms with Crippen molar-refractivity contribution < 1.29 is 9.59 Å². The van der Waals surface area contributed by atoms with E-state index < -0.39 is 0 Å². The predicted octanol–water partition coefficient (Wildman–Crippen LogP) is 0.832. The van der Waals surface area contributed by atoms with Gasteiger partial charge < -0.3 is 15.5 Å². The van der Waals surface area contributed by atoms with E-state index in [0.29, 0.717) is 32.7 Å². The molecule has 0 aromatic rings. The van der Waals surface area contributed by atoms with Crippen LogP contribution in [0.15, 0.2) is 0 Å². The third kappa shape index (κ3) is 2.82. The van der Waals surface area contributed by atoms with Gasteiger partial charge in [-0.05, 0) is 12.8 Å². The van der Waals surface area contributed by atoms with Crippen LogP contribution in [0.5, 0.6) is 0 Å². The van der Waals surface area contributed by atoms with Crippen LogP contribution < -0.4 is 5.73 Å². The first-order valence-electron chi connectivity index (χ1n) is 7.78. The van der Waals surface area contributed by atoms with Crippen LogP contribution in [0.2, 0.25) is 0 Å². The number of rotatable bonds is 3. The molecule has 0 bridgehead atoms. The zero-order chi connectivity index (χ0) is 14.8. The van der Waals surface area contributed by atoms with Gasteiger partial charge in [-0.3, -0.25) is 9.59 Å². The minimum absolute atomic E-state index is 0.0301. The second kappa shape index (κ2) is 6.12. The molecule has 2 aliphatic rings. The van der Waals surface area contributed by atoms with E-state index >= 15 is 0 Å². The second-order valence-corrected chi connectivity index (χ2v) is 6.46. The number of amides is 2. The summed E-state index contributed by atoms with van der Waals surface area (Å²) in [5.74, 6) is 0.433. The van der Waals surface area contributed by atoms with Crippen molar-refractivity contribution in [2.75, 3.05) is 32.7 Å². The monoisotopic (exact) mass is 281 g/mol. The summed E-state index contributed by atoms with van der Waals surface area (Å²) in [4.78, 5) is 28.5. The molecule has 114 valence electrons. The molecule has 0 aromatic carbocycles. The number of piperazine rings is 1. The molecule has 2 N–H and O–H groups in total. The Labute approximate surface area is 121 Å². The highest BCUT2D eigenvalue weighted by Gasteiger charge is 2.43. The minimum atomic E-state index is -0.315. The normalized spacial score (nSPS) is 22.4. The average molecular weight is 281 g/mol. The Kier molecular flexibility index (Phi) is 4.68. The Balaban J connectivity index is 1.93. The van der Waals surface area contributed by atoms with Crippen LogP contribution in [0.1, 0.15) is 39.5 Å². The summed E-state index contributed by atoms with van der Waals surface area (Å²) in [6, 6.07) is 0. The fourth-order valence-corrected chi connectivity index (χ4v) is 3.39. The molecule has 1 saturated carbocycles. The number of nitrogens with zero attached hydrogens (tertiary/aromatic N) is 2. The molecule has 0 radical (unpaired) electrons.